The molecule has 34 heavy (non-hydrogen) atoms. The molecule has 6 aromatic rings. The zero-order valence-electron chi connectivity index (χ0n) is 18.4. The van der Waals surface area contributed by atoms with Crippen LogP contribution in [0.5, 0.6) is 0 Å². The van der Waals surface area contributed by atoms with Crippen LogP contribution in [0.4, 0.5) is 10.1 Å². The van der Waals surface area contributed by atoms with Crippen LogP contribution < -0.4 is 4.90 Å². The largest absolute Gasteiger partial charge is 0.376 e. The molecule has 5 aromatic heterocycles. The van der Waals surface area contributed by atoms with Gasteiger partial charge in [0.05, 0.1) is 40.0 Å². The Labute approximate surface area is 193 Å². The fourth-order valence-corrected chi connectivity index (χ4v) is 4.05. The molecule has 9 heteroatoms. The Morgan fingerprint density at radius 3 is 2.59 bits per heavy atom. The van der Waals surface area contributed by atoms with E-state index in [9.17, 15) is 0 Å². The summed E-state index contributed by atoms with van der Waals surface area (Å²) in [7, 11) is 3.81. The number of anilines is 1. The first-order valence-electron chi connectivity index (χ1n) is 10.6. The summed E-state index contributed by atoms with van der Waals surface area (Å²) < 4.78 is 15.9. The molecular weight excluding hydrogens is 431 g/mol. The van der Waals surface area contributed by atoms with Crippen molar-refractivity contribution in [3.05, 3.63) is 73.2 Å². The van der Waals surface area contributed by atoms with E-state index in [1.54, 1.807) is 31.0 Å². The molecule has 0 atom stereocenters. The summed E-state index contributed by atoms with van der Waals surface area (Å²) in [6.45, 7) is 0. The summed E-state index contributed by atoms with van der Waals surface area (Å²) >= 11 is 0. The predicted molar refractivity (Wildman–Crippen MR) is 130 cm³/mol. The number of aromatic amines is 2. The number of benzene rings is 1. The zero-order valence-corrected chi connectivity index (χ0v) is 18.4. The third kappa shape index (κ3) is 3.17. The highest BCUT2D eigenvalue weighted by atomic mass is 19.1. The molecule has 0 saturated heterocycles. The van der Waals surface area contributed by atoms with Gasteiger partial charge in [-0.3, -0.25) is 20.1 Å². The van der Waals surface area contributed by atoms with Gasteiger partial charge >= 0.3 is 0 Å². The Balaban J connectivity index is 1.52. The third-order valence-electron chi connectivity index (χ3n) is 5.77. The van der Waals surface area contributed by atoms with Gasteiger partial charge < -0.3 is 9.88 Å². The number of H-pyrrole nitrogens is 2. The summed E-state index contributed by atoms with van der Waals surface area (Å²) in [6.07, 6.45) is 8.42. The topological polar surface area (TPSA) is 99.3 Å². The molecule has 0 amide bonds. The number of pyridine rings is 3. The van der Waals surface area contributed by atoms with E-state index in [4.69, 9.17) is 4.98 Å². The van der Waals surface area contributed by atoms with Crippen LogP contribution in [0.3, 0.4) is 0 Å². The first-order chi connectivity index (χ1) is 16.6. The number of imidazole rings is 1. The average Bonchev–Trinajstić information content (AvgIpc) is 3.49. The van der Waals surface area contributed by atoms with Crippen LogP contribution in [-0.2, 0) is 0 Å². The van der Waals surface area contributed by atoms with E-state index in [1.165, 1.54) is 0 Å². The van der Waals surface area contributed by atoms with E-state index in [0.717, 1.165) is 27.8 Å². The number of hydrogen-bond donors (Lipinski definition) is 2. The second kappa shape index (κ2) is 7.73. The van der Waals surface area contributed by atoms with Crippen molar-refractivity contribution >= 4 is 27.6 Å². The molecule has 0 bridgehead atoms. The van der Waals surface area contributed by atoms with Crippen molar-refractivity contribution < 1.29 is 4.39 Å². The van der Waals surface area contributed by atoms with Gasteiger partial charge in [-0.15, -0.1) is 0 Å². The van der Waals surface area contributed by atoms with Gasteiger partial charge in [-0.1, -0.05) is 18.2 Å². The second-order valence-corrected chi connectivity index (χ2v) is 8.14. The minimum atomic E-state index is -0.480. The first-order valence-corrected chi connectivity index (χ1v) is 10.6. The molecule has 0 aliphatic heterocycles. The maximum Gasteiger partial charge on any atom is 0.161 e. The second-order valence-electron chi connectivity index (χ2n) is 8.14. The lowest BCUT2D eigenvalue weighted by Gasteiger charge is -2.13. The molecule has 2 N–H and O–H groups in total. The van der Waals surface area contributed by atoms with Crippen molar-refractivity contribution in [3.63, 3.8) is 0 Å². The Hall–Kier alpha value is -4.66. The number of hydrogen-bond acceptors (Lipinski definition) is 6. The molecule has 0 spiro atoms. The molecule has 0 fully saturated rings. The molecule has 166 valence electrons. The summed E-state index contributed by atoms with van der Waals surface area (Å²) in [4.78, 5) is 22.8. The van der Waals surface area contributed by atoms with Crippen molar-refractivity contribution in [2.75, 3.05) is 19.0 Å². The maximum atomic E-state index is 15.9. The quantitative estimate of drug-likeness (QED) is 0.399. The normalized spacial score (nSPS) is 11.4. The molecule has 0 aliphatic carbocycles. The van der Waals surface area contributed by atoms with Crippen LogP contribution >= 0.6 is 0 Å². The number of halogens is 1. The van der Waals surface area contributed by atoms with Crippen molar-refractivity contribution in [2.45, 2.75) is 0 Å². The minimum Gasteiger partial charge on any atom is -0.376 e. The lowest BCUT2D eigenvalue weighted by molar-refractivity contribution is 0.638. The highest BCUT2D eigenvalue weighted by Gasteiger charge is 2.21. The van der Waals surface area contributed by atoms with E-state index in [2.05, 4.69) is 30.1 Å². The molecule has 6 rings (SSSR count). The summed E-state index contributed by atoms with van der Waals surface area (Å²) in [5.41, 5.74) is 5.99. The molecule has 0 radical (unpaired) electrons. The molecule has 0 aliphatic rings. The van der Waals surface area contributed by atoms with E-state index < -0.39 is 5.82 Å². The monoisotopic (exact) mass is 450 g/mol. The van der Waals surface area contributed by atoms with Gasteiger partial charge in [0, 0.05) is 49.4 Å². The Morgan fingerprint density at radius 1 is 0.882 bits per heavy atom. The van der Waals surface area contributed by atoms with E-state index in [0.29, 0.717) is 28.0 Å². The van der Waals surface area contributed by atoms with Crippen LogP contribution in [0.1, 0.15) is 0 Å². The number of fused-ring (bicyclic) bond motifs is 2. The number of rotatable bonds is 4. The summed E-state index contributed by atoms with van der Waals surface area (Å²) in [6, 6.07) is 11.6. The van der Waals surface area contributed by atoms with Crippen molar-refractivity contribution in [2.24, 2.45) is 0 Å². The minimum absolute atomic E-state index is 0.207. The van der Waals surface area contributed by atoms with Gasteiger partial charge in [0.15, 0.2) is 11.6 Å². The number of para-hydroxylation sites is 1. The van der Waals surface area contributed by atoms with Crippen LogP contribution in [-0.4, -0.2) is 49.2 Å². The molecular formula is C25H19FN8. The van der Waals surface area contributed by atoms with Gasteiger partial charge in [-0.25, -0.2) is 9.37 Å². The predicted octanol–water partition coefficient (Wildman–Crippen LogP) is 4.83. The maximum absolute atomic E-state index is 15.9. The lowest BCUT2D eigenvalue weighted by atomic mass is 10.1. The SMILES string of the molecule is CN(C)c1cncc(-c2ncc3[nH]nc(-c4nc5c(-c6cccnc6)cccc5[nH]4)c3c2F)c1. The van der Waals surface area contributed by atoms with Gasteiger partial charge in [-0.05, 0) is 18.2 Å². The van der Waals surface area contributed by atoms with E-state index in [-0.39, 0.29) is 5.69 Å². The average molecular weight is 450 g/mol. The molecule has 1 aromatic carbocycles. The van der Waals surface area contributed by atoms with Crippen LogP contribution in [0, 0.1) is 5.82 Å². The van der Waals surface area contributed by atoms with Crippen molar-refractivity contribution in [1.82, 2.24) is 35.1 Å². The number of aromatic nitrogens is 7. The third-order valence-corrected chi connectivity index (χ3v) is 5.77. The summed E-state index contributed by atoms with van der Waals surface area (Å²) in [5, 5.41) is 7.57. The number of nitrogens with zero attached hydrogens (tertiary/aromatic N) is 6. The van der Waals surface area contributed by atoms with E-state index in [1.807, 2.05) is 55.4 Å². The van der Waals surface area contributed by atoms with Crippen molar-refractivity contribution in [1.29, 1.82) is 0 Å². The van der Waals surface area contributed by atoms with Gasteiger partial charge in [0.2, 0.25) is 0 Å². The molecule has 0 unspecified atom stereocenters. The van der Waals surface area contributed by atoms with E-state index >= 15 is 4.39 Å². The fourth-order valence-electron chi connectivity index (χ4n) is 4.05. The zero-order chi connectivity index (χ0) is 23.2. The van der Waals surface area contributed by atoms with Gasteiger partial charge in [0.1, 0.15) is 11.4 Å². The molecule has 5 heterocycles. The highest BCUT2D eigenvalue weighted by molar-refractivity contribution is 5.98. The first kappa shape index (κ1) is 20.0. The van der Waals surface area contributed by atoms with Gasteiger partial charge in [0.25, 0.3) is 0 Å². The fraction of sp³-hybridized carbons (Fsp3) is 0.0800. The lowest BCUT2D eigenvalue weighted by Crippen LogP contribution is -2.09. The van der Waals surface area contributed by atoms with Crippen molar-refractivity contribution in [3.8, 4) is 33.9 Å². The Morgan fingerprint density at radius 2 is 1.76 bits per heavy atom. The van der Waals surface area contributed by atoms with Gasteiger partial charge in [-0.2, -0.15) is 5.10 Å². The smallest absolute Gasteiger partial charge is 0.161 e. The van der Waals surface area contributed by atoms with Crippen LogP contribution in [0.2, 0.25) is 0 Å². The number of nitrogens with one attached hydrogen (secondary N) is 2. The highest BCUT2D eigenvalue weighted by Crippen LogP contribution is 2.34. The Kier molecular flexibility index (Phi) is 4.54. The molecule has 0 saturated carbocycles. The van der Waals surface area contributed by atoms with Crippen LogP contribution in [0.15, 0.2) is 67.4 Å². The summed E-state index contributed by atoms with van der Waals surface area (Å²) in [5.74, 6) is -0.0132. The van der Waals surface area contributed by atoms with Crippen LogP contribution in [0.25, 0.3) is 55.8 Å². The standard InChI is InChI=1S/C25H19FN8/c1-34(2)16-9-15(11-28-12-16)22-21(26)20-19(13-29-22)32-33-24(20)25-30-18-7-3-6-17(23(18)31-25)14-5-4-8-27-10-14/h3-13H,1-2H3,(H,30,31)(H,32,33). The molecule has 8 nitrogen and oxygen atoms in total. The Bertz CT molecular complexity index is 1650.